The van der Waals surface area contributed by atoms with Crippen molar-refractivity contribution in [3.63, 3.8) is 0 Å². The molecule has 1 aliphatic heterocycles. The lowest BCUT2D eigenvalue weighted by atomic mass is 9.93. The number of nitrogens with zero attached hydrogens (tertiary/aromatic N) is 1. The Bertz CT molecular complexity index is 618. The lowest BCUT2D eigenvalue weighted by Gasteiger charge is -2.34. The molecule has 0 radical (unpaired) electrons. The van der Waals surface area contributed by atoms with Gasteiger partial charge in [-0.15, -0.1) is 0 Å². The first-order chi connectivity index (χ1) is 11.7. The quantitative estimate of drug-likeness (QED) is 0.793. The lowest BCUT2D eigenvalue weighted by Crippen LogP contribution is -2.50. The summed E-state index contributed by atoms with van der Waals surface area (Å²) >= 11 is 0. The van der Waals surface area contributed by atoms with Crippen LogP contribution < -0.4 is 5.32 Å². The van der Waals surface area contributed by atoms with Crippen molar-refractivity contribution in [2.45, 2.75) is 51.6 Å². The van der Waals surface area contributed by atoms with Gasteiger partial charge in [-0.25, -0.2) is 4.39 Å². The Kier molecular flexibility index (Phi) is 6.53. The van der Waals surface area contributed by atoms with Crippen molar-refractivity contribution in [2.75, 3.05) is 13.1 Å². The molecule has 1 aromatic rings. The fraction of sp³-hybridized carbons (Fsp3) is 0.579. The van der Waals surface area contributed by atoms with E-state index in [1.54, 1.807) is 6.07 Å². The molecular formula is C19H27FN2O3. The van der Waals surface area contributed by atoms with Gasteiger partial charge in [-0.3, -0.25) is 14.5 Å². The lowest BCUT2D eigenvalue weighted by molar-refractivity contribution is -0.138. The fourth-order valence-electron chi connectivity index (χ4n) is 3.22. The molecule has 1 aliphatic rings. The zero-order valence-corrected chi connectivity index (χ0v) is 14.9. The third-order valence-corrected chi connectivity index (χ3v) is 4.60. The number of aliphatic carboxylic acids is 1. The van der Waals surface area contributed by atoms with E-state index in [1.165, 1.54) is 12.1 Å². The molecule has 1 saturated heterocycles. The highest BCUT2D eigenvalue weighted by atomic mass is 19.1. The predicted molar refractivity (Wildman–Crippen MR) is 93.5 cm³/mol. The van der Waals surface area contributed by atoms with Crippen LogP contribution in [0, 0.1) is 11.7 Å². The van der Waals surface area contributed by atoms with Gasteiger partial charge in [0.1, 0.15) is 5.82 Å². The highest BCUT2D eigenvalue weighted by Gasteiger charge is 2.29. The molecule has 2 N–H and O–H groups in total. The van der Waals surface area contributed by atoms with E-state index in [2.05, 4.69) is 10.2 Å². The molecule has 1 heterocycles. The number of piperidine rings is 1. The second-order valence-corrected chi connectivity index (χ2v) is 7.47. The first-order valence-electron chi connectivity index (χ1n) is 8.76. The van der Waals surface area contributed by atoms with Crippen LogP contribution in [0.1, 0.15) is 45.1 Å². The van der Waals surface area contributed by atoms with Crippen LogP contribution in [0.4, 0.5) is 4.39 Å². The Labute approximate surface area is 148 Å². The number of likely N-dealkylation sites (tertiary alicyclic amines) is 1. The summed E-state index contributed by atoms with van der Waals surface area (Å²) in [6, 6.07) is 6.54. The van der Waals surface area contributed by atoms with Gasteiger partial charge in [0, 0.05) is 25.0 Å². The van der Waals surface area contributed by atoms with E-state index in [1.807, 2.05) is 19.9 Å². The van der Waals surface area contributed by atoms with E-state index >= 15 is 0 Å². The SMILES string of the molecule is CC(C)(CCC(=O)O)NC(=O)[C@H]1CCCN(Cc2cccc(F)c2)C1. The molecule has 5 nitrogen and oxygen atoms in total. The molecule has 1 atom stereocenters. The first kappa shape index (κ1) is 19.4. The summed E-state index contributed by atoms with van der Waals surface area (Å²) in [5.74, 6) is -1.25. The van der Waals surface area contributed by atoms with Crippen LogP contribution in [0.25, 0.3) is 0 Å². The molecule has 0 saturated carbocycles. The molecule has 6 heteroatoms. The Balaban J connectivity index is 1.89. The number of hydrogen-bond acceptors (Lipinski definition) is 3. The Morgan fingerprint density at radius 2 is 2.16 bits per heavy atom. The molecule has 0 bridgehead atoms. The highest BCUT2D eigenvalue weighted by molar-refractivity contribution is 5.79. The summed E-state index contributed by atoms with van der Waals surface area (Å²) in [5.41, 5.74) is 0.364. The Morgan fingerprint density at radius 3 is 2.84 bits per heavy atom. The molecule has 1 amide bonds. The molecule has 138 valence electrons. The molecular weight excluding hydrogens is 323 g/mol. The van der Waals surface area contributed by atoms with Crippen molar-refractivity contribution < 1.29 is 19.1 Å². The van der Waals surface area contributed by atoms with Crippen LogP contribution >= 0.6 is 0 Å². The maximum Gasteiger partial charge on any atom is 0.303 e. The number of carbonyl (C=O) groups is 2. The number of halogens is 1. The summed E-state index contributed by atoms with van der Waals surface area (Å²) in [6.45, 7) is 5.85. The van der Waals surface area contributed by atoms with E-state index in [9.17, 15) is 14.0 Å². The monoisotopic (exact) mass is 350 g/mol. The summed E-state index contributed by atoms with van der Waals surface area (Å²) < 4.78 is 13.3. The van der Waals surface area contributed by atoms with Gasteiger partial charge in [0.25, 0.3) is 0 Å². The molecule has 1 aromatic carbocycles. The topological polar surface area (TPSA) is 69.6 Å². The van der Waals surface area contributed by atoms with Crippen molar-refractivity contribution in [2.24, 2.45) is 5.92 Å². The Morgan fingerprint density at radius 1 is 1.40 bits per heavy atom. The minimum absolute atomic E-state index is 0.0284. The molecule has 2 rings (SSSR count). The van der Waals surface area contributed by atoms with Gasteiger partial charge in [0.2, 0.25) is 5.91 Å². The summed E-state index contributed by atoms with van der Waals surface area (Å²) in [7, 11) is 0. The summed E-state index contributed by atoms with van der Waals surface area (Å²) in [6.07, 6.45) is 2.17. The maximum atomic E-state index is 13.3. The van der Waals surface area contributed by atoms with E-state index < -0.39 is 11.5 Å². The van der Waals surface area contributed by atoms with Crippen LogP contribution in [0.5, 0.6) is 0 Å². The van der Waals surface area contributed by atoms with Crippen molar-refractivity contribution in [1.29, 1.82) is 0 Å². The summed E-state index contributed by atoms with van der Waals surface area (Å²) in [4.78, 5) is 25.5. The van der Waals surface area contributed by atoms with Crippen molar-refractivity contribution >= 4 is 11.9 Å². The van der Waals surface area contributed by atoms with Gasteiger partial charge in [-0.05, 0) is 57.4 Å². The van der Waals surface area contributed by atoms with Crippen molar-refractivity contribution in [1.82, 2.24) is 10.2 Å². The van der Waals surface area contributed by atoms with Crippen LogP contribution in [0.2, 0.25) is 0 Å². The van der Waals surface area contributed by atoms with Crippen LogP contribution in [-0.2, 0) is 16.1 Å². The van der Waals surface area contributed by atoms with E-state index in [0.717, 1.165) is 24.9 Å². The summed E-state index contributed by atoms with van der Waals surface area (Å²) in [5, 5.41) is 11.8. The normalized spacial score (nSPS) is 18.8. The number of hydrogen-bond donors (Lipinski definition) is 2. The van der Waals surface area contributed by atoms with E-state index in [-0.39, 0.29) is 24.1 Å². The number of carbonyl (C=O) groups excluding carboxylic acids is 1. The van der Waals surface area contributed by atoms with Gasteiger partial charge in [-0.2, -0.15) is 0 Å². The third kappa shape index (κ3) is 6.46. The van der Waals surface area contributed by atoms with Crippen molar-refractivity contribution in [3.8, 4) is 0 Å². The predicted octanol–water partition coefficient (Wildman–Crippen LogP) is 2.80. The van der Waals surface area contributed by atoms with Gasteiger partial charge in [-0.1, -0.05) is 12.1 Å². The number of amides is 1. The van der Waals surface area contributed by atoms with Crippen molar-refractivity contribution in [3.05, 3.63) is 35.6 Å². The van der Waals surface area contributed by atoms with E-state index in [0.29, 0.717) is 19.5 Å². The molecule has 0 spiro atoms. The first-order valence-corrected chi connectivity index (χ1v) is 8.76. The molecule has 25 heavy (non-hydrogen) atoms. The molecule has 0 aliphatic carbocycles. The van der Waals surface area contributed by atoms with Crippen LogP contribution in [0.15, 0.2) is 24.3 Å². The molecule has 1 fully saturated rings. The number of carboxylic acids is 1. The smallest absolute Gasteiger partial charge is 0.303 e. The second kappa shape index (κ2) is 8.43. The number of nitrogens with one attached hydrogen (secondary N) is 1. The highest BCUT2D eigenvalue weighted by Crippen LogP contribution is 2.21. The van der Waals surface area contributed by atoms with E-state index in [4.69, 9.17) is 5.11 Å². The second-order valence-electron chi connectivity index (χ2n) is 7.47. The molecule has 0 unspecified atom stereocenters. The average Bonchev–Trinajstić information content (AvgIpc) is 2.53. The Hall–Kier alpha value is -1.95. The molecule has 0 aromatic heterocycles. The standard InChI is InChI=1S/C19H27FN2O3/c1-19(2,9-8-17(23)24)21-18(25)15-6-4-10-22(13-15)12-14-5-3-7-16(20)11-14/h3,5,7,11,15H,4,6,8-10,12-13H2,1-2H3,(H,21,25)(H,23,24)/t15-/m0/s1. The zero-order chi connectivity index (χ0) is 18.4. The van der Waals surface area contributed by atoms with Gasteiger partial charge < -0.3 is 10.4 Å². The van der Waals surface area contributed by atoms with Crippen LogP contribution in [0.3, 0.4) is 0 Å². The fourth-order valence-corrected chi connectivity index (χ4v) is 3.22. The number of benzene rings is 1. The minimum atomic E-state index is -0.860. The van der Waals surface area contributed by atoms with Gasteiger partial charge in [0.15, 0.2) is 0 Å². The third-order valence-electron chi connectivity index (χ3n) is 4.60. The van der Waals surface area contributed by atoms with Gasteiger partial charge in [0.05, 0.1) is 5.92 Å². The zero-order valence-electron chi connectivity index (χ0n) is 14.9. The maximum absolute atomic E-state index is 13.3. The number of rotatable bonds is 7. The minimum Gasteiger partial charge on any atom is -0.481 e. The van der Waals surface area contributed by atoms with Gasteiger partial charge >= 0.3 is 5.97 Å². The average molecular weight is 350 g/mol. The van der Waals surface area contributed by atoms with Crippen LogP contribution in [-0.4, -0.2) is 40.5 Å². The number of carboxylic acid groups (broad SMARTS) is 1. The largest absolute Gasteiger partial charge is 0.481 e.